The van der Waals surface area contributed by atoms with Crippen LogP contribution in [-0.2, 0) is 11.2 Å². The standard InChI is InChI=1S/C19H24O/c1-13-10-15(3)19(16(4)11-13)18(20-5)12-17-9-7-6-8-14(17)2/h6-11,18H,12H2,1-5H3. The second kappa shape index (κ2) is 6.23. The highest BCUT2D eigenvalue weighted by Gasteiger charge is 2.17. The Morgan fingerprint density at radius 3 is 2.05 bits per heavy atom. The zero-order valence-electron chi connectivity index (χ0n) is 13.2. The van der Waals surface area contributed by atoms with E-state index in [2.05, 4.69) is 64.1 Å². The van der Waals surface area contributed by atoms with Crippen molar-refractivity contribution >= 4 is 0 Å². The van der Waals surface area contributed by atoms with Gasteiger partial charge in [0.05, 0.1) is 6.10 Å². The Kier molecular flexibility index (Phi) is 4.61. The topological polar surface area (TPSA) is 9.23 Å². The summed E-state index contributed by atoms with van der Waals surface area (Å²) >= 11 is 0. The Labute approximate surface area is 122 Å². The van der Waals surface area contributed by atoms with Crippen LogP contribution in [0.2, 0.25) is 0 Å². The molecule has 0 fully saturated rings. The molecule has 20 heavy (non-hydrogen) atoms. The SMILES string of the molecule is COC(Cc1ccccc1C)c1c(C)cc(C)cc1C. The fourth-order valence-electron chi connectivity index (χ4n) is 3.04. The minimum Gasteiger partial charge on any atom is -0.376 e. The van der Waals surface area contributed by atoms with Crippen LogP contribution in [0.15, 0.2) is 36.4 Å². The lowest BCUT2D eigenvalue weighted by Gasteiger charge is -2.22. The number of rotatable bonds is 4. The normalized spacial score (nSPS) is 12.4. The maximum Gasteiger partial charge on any atom is 0.0866 e. The Morgan fingerprint density at radius 2 is 1.50 bits per heavy atom. The van der Waals surface area contributed by atoms with Gasteiger partial charge in [0.15, 0.2) is 0 Å². The number of methoxy groups -OCH3 is 1. The Bertz CT molecular complexity index is 575. The van der Waals surface area contributed by atoms with Crippen LogP contribution in [0, 0.1) is 27.7 Å². The summed E-state index contributed by atoms with van der Waals surface area (Å²) in [5.41, 5.74) is 7.98. The fraction of sp³-hybridized carbons (Fsp3) is 0.368. The molecule has 0 N–H and O–H groups in total. The third kappa shape index (κ3) is 3.10. The summed E-state index contributed by atoms with van der Waals surface area (Å²) in [4.78, 5) is 0. The second-order valence-electron chi connectivity index (χ2n) is 5.67. The van der Waals surface area contributed by atoms with Crippen LogP contribution in [0.1, 0.15) is 39.5 Å². The van der Waals surface area contributed by atoms with Crippen LogP contribution in [-0.4, -0.2) is 7.11 Å². The third-order valence-electron chi connectivity index (χ3n) is 4.01. The van der Waals surface area contributed by atoms with Crippen LogP contribution in [0.3, 0.4) is 0 Å². The first-order chi connectivity index (χ1) is 9.52. The summed E-state index contributed by atoms with van der Waals surface area (Å²) < 4.78 is 5.80. The molecule has 106 valence electrons. The van der Waals surface area contributed by atoms with Gasteiger partial charge in [-0.3, -0.25) is 0 Å². The van der Waals surface area contributed by atoms with Crippen molar-refractivity contribution in [2.45, 2.75) is 40.2 Å². The number of ether oxygens (including phenoxy) is 1. The van der Waals surface area contributed by atoms with Gasteiger partial charge in [-0.15, -0.1) is 0 Å². The average molecular weight is 268 g/mol. The summed E-state index contributed by atoms with van der Waals surface area (Å²) in [5, 5.41) is 0. The minimum atomic E-state index is 0.122. The van der Waals surface area contributed by atoms with Gasteiger partial charge in [0.1, 0.15) is 0 Å². The lowest BCUT2D eigenvalue weighted by Crippen LogP contribution is -2.10. The molecule has 1 nitrogen and oxygen atoms in total. The van der Waals surface area contributed by atoms with Gasteiger partial charge in [-0.05, 0) is 55.5 Å². The summed E-state index contributed by atoms with van der Waals surface area (Å²) in [6, 6.07) is 13.0. The first-order valence-electron chi connectivity index (χ1n) is 7.18. The number of benzene rings is 2. The monoisotopic (exact) mass is 268 g/mol. The number of aryl methyl sites for hydroxylation is 4. The summed E-state index contributed by atoms with van der Waals surface area (Å²) in [5.74, 6) is 0. The largest absolute Gasteiger partial charge is 0.376 e. The molecule has 0 aliphatic carbocycles. The van der Waals surface area contributed by atoms with Gasteiger partial charge in [0.25, 0.3) is 0 Å². The molecule has 1 heteroatoms. The average Bonchev–Trinajstić information content (AvgIpc) is 2.38. The van der Waals surface area contributed by atoms with Crippen LogP contribution < -0.4 is 0 Å². The van der Waals surface area contributed by atoms with Crippen LogP contribution in [0.5, 0.6) is 0 Å². The molecule has 0 aliphatic heterocycles. The maximum atomic E-state index is 5.80. The Hall–Kier alpha value is -1.60. The van der Waals surface area contributed by atoms with Crippen LogP contribution in [0.25, 0.3) is 0 Å². The highest BCUT2D eigenvalue weighted by Crippen LogP contribution is 2.29. The summed E-state index contributed by atoms with van der Waals surface area (Å²) in [6.45, 7) is 8.67. The Balaban J connectivity index is 2.37. The lowest BCUT2D eigenvalue weighted by atomic mass is 9.91. The maximum absolute atomic E-state index is 5.80. The van der Waals surface area contributed by atoms with E-state index >= 15 is 0 Å². The van der Waals surface area contributed by atoms with Crippen molar-refractivity contribution in [3.05, 3.63) is 69.8 Å². The quantitative estimate of drug-likeness (QED) is 0.770. The molecule has 0 aliphatic rings. The van der Waals surface area contributed by atoms with Gasteiger partial charge >= 0.3 is 0 Å². The van der Waals surface area contributed by atoms with Crippen molar-refractivity contribution < 1.29 is 4.74 Å². The minimum absolute atomic E-state index is 0.122. The van der Waals surface area contributed by atoms with Gasteiger partial charge in [0, 0.05) is 13.5 Å². The molecule has 0 radical (unpaired) electrons. The molecule has 0 spiro atoms. The van der Waals surface area contributed by atoms with Crippen molar-refractivity contribution in [1.82, 2.24) is 0 Å². The van der Waals surface area contributed by atoms with Crippen molar-refractivity contribution in [3.8, 4) is 0 Å². The van der Waals surface area contributed by atoms with Gasteiger partial charge < -0.3 is 4.74 Å². The molecule has 1 atom stereocenters. The molecule has 0 bridgehead atoms. The van der Waals surface area contributed by atoms with Crippen LogP contribution in [0.4, 0.5) is 0 Å². The van der Waals surface area contributed by atoms with Gasteiger partial charge in [-0.1, -0.05) is 42.0 Å². The first kappa shape index (κ1) is 14.8. The molecular weight excluding hydrogens is 244 g/mol. The zero-order valence-corrected chi connectivity index (χ0v) is 13.2. The number of hydrogen-bond acceptors (Lipinski definition) is 1. The zero-order chi connectivity index (χ0) is 14.7. The lowest BCUT2D eigenvalue weighted by molar-refractivity contribution is 0.102. The van der Waals surface area contributed by atoms with E-state index in [-0.39, 0.29) is 6.10 Å². The van der Waals surface area contributed by atoms with Crippen molar-refractivity contribution in [1.29, 1.82) is 0 Å². The summed E-state index contributed by atoms with van der Waals surface area (Å²) in [7, 11) is 1.81. The smallest absolute Gasteiger partial charge is 0.0866 e. The van der Waals surface area contributed by atoms with Gasteiger partial charge in [-0.2, -0.15) is 0 Å². The predicted octanol–water partition coefficient (Wildman–Crippen LogP) is 4.85. The van der Waals surface area contributed by atoms with E-state index in [1.54, 1.807) is 0 Å². The van der Waals surface area contributed by atoms with E-state index in [0.29, 0.717) is 0 Å². The van der Waals surface area contributed by atoms with E-state index < -0.39 is 0 Å². The van der Waals surface area contributed by atoms with E-state index in [4.69, 9.17) is 4.74 Å². The predicted molar refractivity (Wildman–Crippen MR) is 85.3 cm³/mol. The van der Waals surface area contributed by atoms with E-state index in [1.165, 1.54) is 33.4 Å². The van der Waals surface area contributed by atoms with Gasteiger partial charge in [-0.25, -0.2) is 0 Å². The van der Waals surface area contributed by atoms with E-state index in [9.17, 15) is 0 Å². The molecule has 2 rings (SSSR count). The third-order valence-corrected chi connectivity index (χ3v) is 4.01. The Morgan fingerprint density at radius 1 is 0.900 bits per heavy atom. The molecule has 0 aromatic heterocycles. The second-order valence-corrected chi connectivity index (χ2v) is 5.67. The van der Waals surface area contributed by atoms with E-state index in [1.807, 2.05) is 7.11 Å². The highest BCUT2D eigenvalue weighted by atomic mass is 16.5. The first-order valence-corrected chi connectivity index (χ1v) is 7.18. The molecule has 0 heterocycles. The molecule has 0 amide bonds. The summed E-state index contributed by atoms with van der Waals surface area (Å²) in [6.07, 6.45) is 1.05. The molecule has 2 aromatic rings. The molecule has 2 aromatic carbocycles. The van der Waals surface area contributed by atoms with Crippen molar-refractivity contribution in [2.75, 3.05) is 7.11 Å². The molecule has 0 saturated carbocycles. The molecule has 1 unspecified atom stereocenters. The highest BCUT2D eigenvalue weighted by molar-refractivity contribution is 5.40. The molecular formula is C19H24O. The fourth-order valence-corrected chi connectivity index (χ4v) is 3.04. The molecule has 0 saturated heterocycles. The van der Waals surface area contributed by atoms with Crippen molar-refractivity contribution in [2.24, 2.45) is 0 Å². The van der Waals surface area contributed by atoms with Crippen molar-refractivity contribution in [3.63, 3.8) is 0 Å². The number of hydrogen-bond donors (Lipinski definition) is 0. The van der Waals surface area contributed by atoms with E-state index in [0.717, 1.165) is 6.42 Å². The van der Waals surface area contributed by atoms with Crippen LogP contribution >= 0.6 is 0 Å². The van der Waals surface area contributed by atoms with Gasteiger partial charge in [0.2, 0.25) is 0 Å².